The SMILES string of the molecule is COc1ccc([N+](=O)[O-])cc1OCC(=O)Nc1c(Cl)cccc1Cl. The maximum absolute atomic E-state index is 12.0. The van der Waals surface area contributed by atoms with Gasteiger partial charge in [0.05, 0.1) is 33.8 Å². The predicted molar refractivity (Wildman–Crippen MR) is 90.2 cm³/mol. The van der Waals surface area contributed by atoms with Crippen LogP contribution < -0.4 is 14.8 Å². The van der Waals surface area contributed by atoms with Gasteiger partial charge in [-0.05, 0) is 18.2 Å². The second kappa shape index (κ2) is 7.85. The van der Waals surface area contributed by atoms with Crippen LogP contribution >= 0.6 is 23.2 Å². The van der Waals surface area contributed by atoms with E-state index < -0.39 is 17.4 Å². The third-order valence-corrected chi connectivity index (χ3v) is 3.57. The normalized spacial score (nSPS) is 10.1. The number of hydrogen-bond acceptors (Lipinski definition) is 5. The summed E-state index contributed by atoms with van der Waals surface area (Å²) in [6.45, 7) is -0.404. The first-order valence-corrected chi connectivity index (χ1v) is 7.37. The molecule has 0 aliphatic heterocycles. The van der Waals surface area contributed by atoms with Gasteiger partial charge in [0.1, 0.15) is 0 Å². The van der Waals surface area contributed by atoms with Crippen LogP contribution in [0.3, 0.4) is 0 Å². The van der Waals surface area contributed by atoms with Crippen LogP contribution in [0.1, 0.15) is 0 Å². The average Bonchev–Trinajstić information content (AvgIpc) is 2.56. The molecule has 7 nitrogen and oxygen atoms in total. The number of methoxy groups -OCH3 is 1. The molecule has 24 heavy (non-hydrogen) atoms. The number of carbonyl (C=O) groups is 1. The number of nitrogens with zero attached hydrogens (tertiary/aromatic N) is 1. The number of para-hydroxylation sites is 1. The second-order valence-corrected chi connectivity index (χ2v) is 5.34. The van der Waals surface area contributed by atoms with Crippen molar-refractivity contribution in [3.05, 3.63) is 56.6 Å². The lowest BCUT2D eigenvalue weighted by atomic mass is 10.3. The number of nitro benzene ring substituents is 1. The van der Waals surface area contributed by atoms with Crippen molar-refractivity contribution in [1.29, 1.82) is 0 Å². The Balaban J connectivity index is 2.09. The molecule has 0 aliphatic rings. The van der Waals surface area contributed by atoms with Gasteiger partial charge in [-0.3, -0.25) is 14.9 Å². The van der Waals surface area contributed by atoms with E-state index in [1.54, 1.807) is 18.2 Å². The van der Waals surface area contributed by atoms with Crippen molar-refractivity contribution in [2.45, 2.75) is 0 Å². The number of rotatable bonds is 6. The van der Waals surface area contributed by atoms with Crippen molar-refractivity contribution < 1.29 is 19.2 Å². The molecule has 9 heteroatoms. The summed E-state index contributed by atoms with van der Waals surface area (Å²) in [6.07, 6.45) is 0. The lowest BCUT2D eigenvalue weighted by Gasteiger charge is -2.12. The summed E-state index contributed by atoms with van der Waals surface area (Å²) in [5.41, 5.74) is 0.0841. The third kappa shape index (κ3) is 4.27. The van der Waals surface area contributed by atoms with Gasteiger partial charge in [-0.2, -0.15) is 0 Å². The van der Waals surface area contributed by atoms with Gasteiger partial charge in [-0.1, -0.05) is 29.3 Å². The van der Waals surface area contributed by atoms with Crippen LogP contribution in [-0.4, -0.2) is 24.5 Å². The highest BCUT2D eigenvalue weighted by atomic mass is 35.5. The van der Waals surface area contributed by atoms with Crippen molar-refractivity contribution in [3.8, 4) is 11.5 Å². The number of hydrogen-bond donors (Lipinski definition) is 1. The molecule has 0 aliphatic carbocycles. The molecular weight excluding hydrogens is 359 g/mol. The summed E-state index contributed by atoms with van der Waals surface area (Å²) in [6, 6.07) is 8.63. The largest absolute Gasteiger partial charge is 0.493 e. The van der Waals surface area contributed by atoms with E-state index in [0.29, 0.717) is 0 Å². The van der Waals surface area contributed by atoms with Crippen LogP contribution in [0.4, 0.5) is 11.4 Å². The van der Waals surface area contributed by atoms with Gasteiger partial charge in [-0.25, -0.2) is 0 Å². The summed E-state index contributed by atoms with van der Waals surface area (Å²) in [7, 11) is 1.39. The Labute approximate surface area is 147 Å². The third-order valence-electron chi connectivity index (χ3n) is 2.94. The Morgan fingerprint density at radius 1 is 1.21 bits per heavy atom. The van der Waals surface area contributed by atoms with Crippen LogP contribution in [0.2, 0.25) is 10.0 Å². The number of anilines is 1. The second-order valence-electron chi connectivity index (χ2n) is 4.53. The van der Waals surface area contributed by atoms with E-state index >= 15 is 0 Å². The number of nitrogens with one attached hydrogen (secondary N) is 1. The van der Waals surface area contributed by atoms with E-state index in [4.69, 9.17) is 32.7 Å². The van der Waals surface area contributed by atoms with E-state index in [1.165, 1.54) is 25.3 Å². The van der Waals surface area contributed by atoms with Gasteiger partial charge in [0.2, 0.25) is 0 Å². The monoisotopic (exact) mass is 370 g/mol. The standard InChI is InChI=1S/C15H12Cl2N2O5/c1-23-12-6-5-9(19(21)22)7-13(12)24-8-14(20)18-15-10(16)3-2-4-11(15)17/h2-7H,8H2,1H3,(H,18,20). The molecule has 2 aromatic carbocycles. The summed E-state index contributed by atoms with van der Waals surface area (Å²) >= 11 is 11.9. The van der Waals surface area contributed by atoms with E-state index in [0.717, 1.165) is 0 Å². The fourth-order valence-electron chi connectivity index (χ4n) is 1.83. The zero-order chi connectivity index (χ0) is 17.7. The average molecular weight is 371 g/mol. The van der Waals surface area contributed by atoms with Gasteiger partial charge < -0.3 is 14.8 Å². The molecule has 0 radical (unpaired) electrons. The number of benzene rings is 2. The molecule has 0 bridgehead atoms. The molecule has 0 spiro atoms. The fourth-order valence-corrected chi connectivity index (χ4v) is 2.32. The molecule has 0 atom stereocenters. The van der Waals surface area contributed by atoms with Gasteiger partial charge in [0.15, 0.2) is 18.1 Å². The molecular formula is C15H12Cl2N2O5. The molecule has 0 saturated carbocycles. The molecule has 2 rings (SSSR count). The Kier molecular flexibility index (Phi) is 5.83. The molecule has 0 unspecified atom stereocenters. The summed E-state index contributed by atoms with van der Waals surface area (Å²) in [4.78, 5) is 22.2. The van der Waals surface area contributed by atoms with E-state index in [2.05, 4.69) is 5.32 Å². The minimum Gasteiger partial charge on any atom is -0.493 e. The Morgan fingerprint density at radius 3 is 2.46 bits per heavy atom. The first-order chi connectivity index (χ1) is 11.4. The molecule has 126 valence electrons. The smallest absolute Gasteiger partial charge is 0.273 e. The predicted octanol–water partition coefficient (Wildman–Crippen LogP) is 3.93. The Bertz CT molecular complexity index is 762. The van der Waals surface area contributed by atoms with Crippen molar-refractivity contribution in [2.75, 3.05) is 19.0 Å². The molecule has 1 N–H and O–H groups in total. The van der Waals surface area contributed by atoms with Crippen LogP contribution in [0.15, 0.2) is 36.4 Å². The van der Waals surface area contributed by atoms with Gasteiger partial charge in [0.25, 0.3) is 11.6 Å². The van der Waals surface area contributed by atoms with Crippen LogP contribution in [0.25, 0.3) is 0 Å². The highest BCUT2D eigenvalue weighted by Crippen LogP contribution is 2.32. The van der Waals surface area contributed by atoms with Crippen molar-refractivity contribution in [1.82, 2.24) is 0 Å². The molecule has 1 amide bonds. The number of non-ortho nitro benzene ring substituents is 1. The summed E-state index contributed by atoms with van der Waals surface area (Å²) in [5, 5.41) is 13.9. The highest BCUT2D eigenvalue weighted by Gasteiger charge is 2.15. The van der Waals surface area contributed by atoms with Gasteiger partial charge in [-0.15, -0.1) is 0 Å². The number of carbonyl (C=O) groups excluding carboxylic acids is 1. The Hall–Kier alpha value is -2.51. The first kappa shape index (κ1) is 17.8. The maximum atomic E-state index is 12.0. The molecule has 0 heterocycles. The van der Waals surface area contributed by atoms with Crippen LogP contribution in [0.5, 0.6) is 11.5 Å². The number of halogens is 2. The molecule has 0 aromatic heterocycles. The van der Waals surface area contributed by atoms with Crippen molar-refractivity contribution >= 4 is 40.5 Å². The molecule has 0 fully saturated rings. The lowest BCUT2D eigenvalue weighted by Crippen LogP contribution is -2.20. The number of nitro groups is 1. The quantitative estimate of drug-likeness (QED) is 0.614. The zero-order valence-corrected chi connectivity index (χ0v) is 13.9. The van der Waals surface area contributed by atoms with Crippen LogP contribution in [-0.2, 0) is 4.79 Å². The number of ether oxygens (including phenoxy) is 2. The highest BCUT2D eigenvalue weighted by molar-refractivity contribution is 6.39. The maximum Gasteiger partial charge on any atom is 0.273 e. The summed E-state index contributed by atoms with van der Waals surface area (Å²) < 4.78 is 10.4. The topological polar surface area (TPSA) is 90.7 Å². The van der Waals surface area contributed by atoms with E-state index in [-0.39, 0.29) is 32.9 Å². The molecule has 2 aromatic rings. The fraction of sp³-hybridized carbons (Fsp3) is 0.133. The Morgan fingerprint density at radius 2 is 1.88 bits per heavy atom. The minimum atomic E-state index is -0.574. The first-order valence-electron chi connectivity index (χ1n) is 6.61. The van der Waals surface area contributed by atoms with E-state index in [9.17, 15) is 14.9 Å². The molecule has 0 saturated heterocycles. The minimum absolute atomic E-state index is 0.0760. The number of amides is 1. The van der Waals surface area contributed by atoms with Crippen LogP contribution in [0, 0.1) is 10.1 Å². The van der Waals surface area contributed by atoms with Crippen molar-refractivity contribution in [2.24, 2.45) is 0 Å². The van der Waals surface area contributed by atoms with Gasteiger partial charge in [0, 0.05) is 6.07 Å². The summed E-state index contributed by atoms with van der Waals surface area (Å²) in [5.74, 6) is -0.185. The lowest BCUT2D eigenvalue weighted by molar-refractivity contribution is -0.385. The van der Waals surface area contributed by atoms with E-state index in [1.807, 2.05) is 0 Å². The van der Waals surface area contributed by atoms with Crippen molar-refractivity contribution in [3.63, 3.8) is 0 Å². The van der Waals surface area contributed by atoms with Gasteiger partial charge >= 0.3 is 0 Å². The zero-order valence-electron chi connectivity index (χ0n) is 12.4.